The van der Waals surface area contributed by atoms with Crippen LogP contribution < -0.4 is 10.6 Å². The molecule has 6 heteroatoms. The zero-order valence-corrected chi connectivity index (χ0v) is 11.6. The third-order valence-corrected chi connectivity index (χ3v) is 3.94. The van der Waals surface area contributed by atoms with Crippen molar-refractivity contribution in [2.45, 2.75) is 45.7 Å². The first kappa shape index (κ1) is 13.2. The molecule has 0 bridgehead atoms. The lowest BCUT2D eigenvalue weighted by molar-refractivity contribution is -0.134. The summed E-state index contributed by atoms with van der Waals surface area (Å²) in [5, 5.41) is 6.61. The van der Waals surface area contributed by atoms with Crippen molar-refractivity contribution in [3.05, 3.63) is 15.6 Å². The summed E-state index contributed by atoms with van der Waals surface area (Å²) in [6.45, 7) is 5.99. The summed E-state index contributed by atoms with van der Waals surface area (Å²) >= 11 is 1.65. The molecule has 2 amide bonds. The Bertz CT molecular complexity index is 484. The van der Waals surface area contributed by atoms with Crippen molar-refractivity contribution >= 4 is 23.2 Å². The zero-order chi connectivity index (χ0) is 13.3. The maximum atomic E-state index is 11.6. The van der Waals surface area contributed by atoms with Gasteiger partial charge in [0.25, 0.3) is 0 Å². The van der Waals surface area contributed by atoms with Crippen molar-refractivity contribution in [3.8, 4) is 0 Å². The Morgan fingerprint density at radius 1 is 1.44 bits per heavy atom. The molecule has 2 N–H and O–H groups in total. The summed E-state index contributed by atoms with van der Waals surface area (Å²) in [5.41, 5.74) is 0.988. The first-order valence-corrected chi connectivity index (χ1v) is 6.82. The van der Waals surface area contributed by atoms with E-state index in [-0.39, 0.29) is 23.9 Å². The number of nitrogens with zero attached hydrogens (tertiary/aromatic N) is 1. The number of aromatic nitrogens is 1. The molecule has 2 atom stereocenters. The van der Waals surface area contributed by atoms with Crippen molar-refractivity contribution in [3.63, 3.8) is 0 Å². The molecule has 2 heterocycles. The van der Waals surface area contributed by atoms with Crippen LogP contribution in [0.4, 0.5) is 0 Å². The van der Waals surface area contributed by atoms with Crippen LogP contribution in [0.2, 0.25) is 0 Å². The van der Waals surface area contributed by atoms with Gasteiger partial charge in [-0.2, -0.15) is 0 Å². The SMILES string of the molecule is Cc1nc(C(C)NC2CCC(=O)NC2=O)c(C)s1. The van der Waals surface area contributed by atoms with E-state index in [0.29, 0.717) is 12.8 Å². The number of imide groups is 1. The Morgan fingerprint density at radius 2 is 2.17 bits per heavy atom. The highest BCUT2D eigenvalue weighted by Gasteiger charge is 2.28. The van der Waals surface area contributed by atoms with Gasteiger partial charge in [0.1, 0.15) is 0 Å². The molecule has 98 valence electrons. The fourth-order valence-corrected chi connectivity index (χ4v) is 3.09. The molecule has 1 saturated heterocycles. The fourth-order valence-electron chi connectivity index (χ4n) is 2.18. The molecular formula is C12H17N3O2S. The second-order valence-corrected chi connectivity index (χ2v) is 5.97. The van der Waals surface area contributed by atoms with Crippen LogP contribution in [0.25, 0.3) is 0 Å². The average molecular weight is 267 g/mol. The minimum atomic E-state index is -0.306. The summed E-state index contributed by atoms with van der Waals surface area (Å²) in [6, 6.07) is -0.294. The fraction of sp³-hybridized carbons (Fsp3) is 0.583. The molecule has 1 aromatic rings. The first-order chi connectivity index (χ1) is 8.47. The zero-order valence-electron chi connectivity index (χ0n) is 10.7. The van der Waals surface area contributed by atoms with Gasteiger partial charge in [0.05, 0.1) is 16.7 Å². The number of aryl methyl sites for hydroxylation is 2. The van der Waals surface area contributed by atoms with Crippen LogP contribution in [0, 0.1) is 13.8 Å². The van der Waals surface area contributed by atoms with Crippen LogP contribution in [-0.4, -0.2) is 22.8 Å². The minimum Gasteiger partial charge on any atom is -0.298 e. The number of nitrogens with one attached hydrogen (secondary N) is 2. The van der Waals surface area contributed by atoms with Gasteiger partial charge in [-0.3, -0.25) is 20.2 Å². The molecule has 0 radical (unpaired) electrons. The van der Waals surface area contributed by atoms with Crippen molar-refractivity contribution in [1.82, 2.24) is 15.6 Å². The van der Waals surface area contributed by atoms with Crippen LogP contribution >= 0.6 is 11.3 Å². The van der Waals surface area contributed by atoms with E-state index in [1.165, 1.54) is 4.88 Å². The quantitative estimate of drug-likeness (QED) is 0.808. The Hall–Kier alpha value is -1.27. The molecule has 0 saturated carbocycles. The molecule has 1 aliphatic heterocycles. The number of hydrogen-bond acceptors (Lipinski definition) is 5. The van der Waals surface area contributed by atoms with E-state index in [0.717, 1.165) is 10.7 Å². The summed E-state index contributed by atoms with van der Waals surface area (Å²) in [6.07, 6.45) is 0.947. The molecule has 2 rings (SSSR count). The monoisotopic (exact) mass is 267 g/mol. The van der Waals surface area contributed by atoms with Gasteiger partial charge < -0.3 is 0 Å². The third-order valence-electron chi connectivity index (χ3n) is 3.04. The summed E-state index contributed by atoms with van der Waals surface area (Å²) in [5.74, 6) is -0.422. The van der Waals surface area contributed by atoms with Crippen molar-refractivity contribution in [2.24, 2.45) is 0 Å². The molecule has 2 unspecified atom stereocenters. The van der Waals surface area contributed by atoms with E-state index in [4.69, 9.17) is 0 Å². The lowest BCUT2D eigenvalue weighted by atomic mass is 10.0. The highest BCUT2D eigenvalue weighted by molar-refractivity contribution is 7.11. The van der Waals surface area contributed by atoms with E-state index in [9.17, 15) is 9.59 Å². The van der Waals surface area contributed by atoms with E-state index >= 15 is 0 Å². The number of carbonyl (C=O) groups excluding carboxylic acids is 2. The lowest BCUT2D eigenvalue weighted by Gasteiger charge is -2.25. The van der Waals surface area contributed by atoms with Crippen molar-refractivity contribution < 1.29 is 9.59 Å². The summed E-state index contributed by atoms with van der Waals surface area (Å²) < 4.78 is 0. The number of thiazole rings is 1. The molecule has 0 aliphatic carbocycles. The van der Waals surface area contributed by atoms with Gasteiger partial charge in [0, 0.05) is 17.3 Å². The lowest BCUT2D eigenvalue weighted by Crippen LogP contribution is -2.51. The van der Waals surface area contributed by atoms with Crippen molar-refractivity contribution in [2.75, 3.05) is 0 Å². The van der Waals surface area contributed by atoms with E-state index in [1.54, 1.807) is 11.3 Å². The predicted molar refractivity (Wildman–Crippen MR) is 69.3 cm³/mol. The number of rotatable bonds is 3. The van der Waals surface area contributed by atoms with Crippen LogP contribution in [0.3, 0.4) is 0 Å². The molecule has 1 fully saturated rings. The number of carbonyl (C=O) groups is 2. The largest absolute Gasteiger partial charge is 0.298 e. The van der Waals surface area contributed by atoms with Crippen molar-refractivity contribution in [1.29, 1.82) is 0 Å². The number of hydrogen-bond donors (Lipinski definition) is 2. The van der Waals surface area contributed by atoms with Crippen LogP contribution in [0.1, 0.15) is 41.4 Å². The van der Waals surface area contributed by atoms with Gasteiger partial charge in [0.2, 0.25) is 11.8 Å². The van der Waals surface area contributed by atoms with Gasteiger partial charge in [-0.25, -0.2) is 4.98 Å². The van der Waals surface area contributed by atoms with E-state index in [1.807, 2.05) is 20.8 Å². The smallest absolute Gasteiger partial charge is 0.243 e. The topological polar surface area (TPSA) is 71.1 Å². The summed E-state index contributed by atoms with van der Waals surface area (Å²) in [4.78, 5) is 28.4. The molecule has 0 aromatic carbocycles. The average Bonchev–Trinajstić information content (AvgIpc) is 2.62. The van der Waals surface area contributed by atoms with E-state index in [2.05, 4.69) is 15.6 Å². The summed E-state index contributed by atoms with van der Waals surface area (Å²) in [7, 11) is 0. The first-order valence-electron chi connectivity index (χ1n) is 6.01. The van der Waals surface area contributed by atoms with Crippen LogP contribution in [0.5, 0.6) is 0 Å². The van der Waals surface area contributed by atoms with Gasteiger partial charge in [-0.05, 0) is 27.2 Å². The highest BCUT2D eigenvalue weighted by atomic mass is 32.1. The standard InChI is InChI=1S/C12H17N3O2S/c1-6(11-7(2)18-8(3)14-11)13-9-4-5-10(16)15-12(9)17/h6,9,13H,4-5H2,1-3H3,(H,15,16,17). The third kappa shape index (κ3) is 2.76. The normalized spacial score (nSPS) is 21.8. The van der Waals surface area contributed by atoms with Gasteiger partial charge in [0.15, 0.2) is 0 Å². The maximum absolute atomic E-state index is 11.6. The van der Waals surface area contributed by atoms with Gasteiger partial charge in [-0.1, -0.05) is 0 Å². The molecule has 1 aliphatic rings. The van der Waals surface area contributed by atoms with Crippen LogP contribution in [0.15, 0.2) is 0 Å². The van der Waals surface area contributed by atoms with E-state index < -0.39 is 0 Å². The Morgan fingerprint density at radius 3 is 2.72 bits per heavy atom. The number of amides is 2. The van der Waals surface area contributed by atoms with Crippen LogP contribution in [-0.2, 0) is 9.59 Å². The molecule has 5 nitrogen and oxygen atoms in total. The molecule has 1 aromatic heterocycles. The molecule has 0 spiro atoms. The Balaban J connectivity index is 2.03. The predicted octanol–water partition coefficient (Wildman–Crippen LogP) is 1.22. The number of piperidine rings is 1. The Labute approximate surface area is 110 Å². The maximum Gasteiger partial charge on any atom is 0.243 e. The Kier molecular flexibility index (Phi) is 3.77. The second kappa shape index (κ2) is 5.16. The minimum absolute atomic E-state index is 0.0129. The molecular weight excluding hydrogens is 250 g/mol. The highest BCUT2D eigenvalue weighted by Crippen LogP contribution is 2.23. The second-order valence-electron chi connectivity index (χ2n) is 4.57. The van der Waals surface area contributed by atoms with Gasteiger partial charge >= 0.3 is 0 Å². The van der Waals surface area contributed by atoms with Gasteiger partial charge in [-0.15, -0.1) is 11.3 Å². The molecule has 18 heavy (non-hydrogen) atoms.